The quantitative estimate of drug-likeness (QED) is 0.759. The molecule has 1 N–H and O–H groups in total. The first-order chi connectivity index (χ1) is 10.7. The summed E-state index contributed by atoms with van der Waals surface area (Å²) in [5, 5.41) is 4.15. The van der Waals surface area contributed by atoms with E-state index in [4.69, 9.17) is 11.6 Å². The third-order valence-electron chi connectivity index (χ3n) is 3.64. The van der Waals surface area contributed by atoms with Crippen LogP contribution in [0.5, 0.6) is 0 Å². The summed E-state index contributed by atoms with van der Waals surface area (Å²) in [6.45, 7) is 9.40. The minimum atomic E-state index is 0.720. The molecule has 0 spiro atoms. The van der Waals surface area contributed by atoms with E-state index in [1.165, 1.54) is 0 Å². The molecule has 0 amide bonds. The van der Waals surface area contributed by atoms with Gasteiger partial charge in [-0.2, -0.15) is 0 Å². The second kappa shape index (κ2) is 8.83. The van der Waals surface area contributed by atoms with Crippen molar-refractivity contribution in [3.05, 3.63) is 47.2 Å². The van der Waals surface area contributed by atoms with Gasteiger partial charge >= 0.3 is 0 Å². The van der Waals surface area contributed by atoms with E-state index in [0.29, 0.717) is 0 Å². The van der Waals surface area contributed by atoms with E-state index in [0.717, 1.165) is 54.7 Å². The van der Waals surface area contributed by atoms with Crippen LogP contribution in [-0.4, -0.2) is 41.0 Å². The summed E-state index contributed by atoms with van der Waals surface area (Å²) in [6.07, 6.45) is 3.75. The normalized spacial score (nSPS) is 11.1. The molecule has 0 radical (unpaired) electrons. The van der Waals surface area contributed by atoms with Crippen molar-refractivity contribution in [2.75, 3.05) is 26.2 Å². The molecule has 0 fully saturated rings. The lowest BCUT2D eigenvalue weighted by Gasteiger charge is -2.17. The van der Waals surface area contributed by atoms with E-state index in [1.54, 1.807) is 0 Å². The molecule has 1 aromatic heterocycles. The number of hydrogen-bond donors (Lipinski definition) is 1. The van der Waals surface area contributed by atoms with Crippen LogP contribution in [0.1, 0.15) is 19.4 Å². The van der Waals surface area contributed by atoms with Gasteiger partial charge in [0, 0.05) is 48.2 Å². The van der Waals surface area contributed by atoms with Crippen LogP contribution in [-0.2, 0) is 6.54 Å². The molecule has 0 unspecified atom stereocenters. The molecule has 0 saturated heterocycles. The summed E-state index contributed by atoms with van der Waals surface area (Å²) in [5.41, 5.74) is 2.07. The highest BCUT2D eigenvalue weighted by Gasteiger charge is 2.02. The lowest BCUT2D eigenvalue weighted by molar-refractivity contribution is 0.302. The van der Waals surface area contributed by atoms with Crippen LogP contribution in [0.2, 0.25) is 5.02 Å². The van der Waals surface area contributed by atoms with Gasteiger partial charge in [-0.3, -0.25) is 0 Å². The van der Waals surface area contributed by atoms with Gasteiger partial charge < -0.3 is 10.2 Å². The van der Waals surface area contributed by atoms with E-state index in [1.807, 2.05) is 36.7 Å². The number of aromatic nitrogens is 2. The standard InChI is InChI=1S/C17H23ClN4/c1-3-22(4-2)10-9-19-11-14-12-20-17(21-13-14)15-5-7-16(18)8-6-15/h5-8,12-13,19H,3-4,9-11H2,1-2H3. The third-order valence-corrected chi connectivity index (χ3v) is 3.89. The average Bonchev–Trinajstić information content (AvgIpc) is 2.56. The van der Waals surface area contributed by atoms with Crippen LogP contribution >= 0.6 is 11.6 Å². The van der Waals surface area contributed by atoms with Crippen molar-refractivity contribution in [2.24, 2.45) is 0 Å². The Morgan fingerprint density at radius 2 is 1.68 bits per heavy atom. The van der Waals surface area contributed by atoms with Crippen LogP contribution in [0.4, 0.5) is 0 Å². The predicted molar refractivity (Wildman–Crippen MR) is 92.0 cm³/mol. The molecule has 0 atom stereocenters. The van der Waals surface area contributed by atoms with Gasteiger partial charge in [-0.1, -0.05) is 25.4 Å². The summed E-state index contributed by atoms with van der Waals surface area (Å²) < 4.78 is 0. The number of nitrogens with zero attached hydrogens (tertiary/aromatic N) is 3. The zero-order valence-corrected chi connectivity index (χ0v) is 14.0. The minimum absolute atomic E-state index is 0.720. The first kappa shape index (κ1) is 16.9. The summed E-state index contributed by atoms with van der Waals surface area (Å²) >= 11 is 5.89. The Kier molecular flexibility index (Phi) is 6.77. The largest absolute Gasteiger partial charge is 0.311 e. The Balaban J connectivity index is 1.83. The summed E-state index contributed by atoms with van der Waals surface area (Å²) in [6, 6.07) is 7.56. The maximum atomic E-state index is 5.89. The van der Waals surface area contributed by atoms with Gasteiger partial charge in [0.25, 0.3) is 0 Å². The number of benzene rings is 1. The minimum Gasteiger partial charge on any atom is -0.311 e. The average molecular weight is 319 g/mol. The molecular weight excluding hydrogens is 296 g/mol. The van der Waals surface area contributed by atoms with Gasteiger partial charge in [0.1, 0.15) is 0 Å². The van der Waals surface area contributed by atoms with Gasteiger partial charge in [-0.15, -0.1) is 0 Å². The van der Waals surface area contributed by atoms with Crippen LogP contribution in [0, 0.1) is 0 Å². The third kappa shape index (κ3) is 5.05. The Morgan fingerprint density at radius 3 is 2.27 bits per heavy atom. The lowest BCUT2D eigenvalue weighted by atomic mass is 10.2. The molecule has 4 nitrogen and oxygen atoms in total. The molecule has 0 aliphatic carbocycles. The second-order valence-corrected chi connectivity index (χ2v) is 5.56. The highest BCUT2D eigenvalue weighted by Crippen LogP contribution is 2.17. The predicted octanol–water partition coefficient (Wildman–Crippen LogP) is 3.23. The smallest absolute Gasteiger partial charge is 0.159 e. The molecule has 2 rings (SSSR count). The van der Waals surface area contributed by atoms with Gasteiger partial charge in [-0.25, -0.2) is 9.97 Å². The van der Waals surface area contributed by atoms with Gasteiger partial charge in [0.15, 0.2) is 5.82 Å². The molecule has 0 bridgehead atoms. The maximum absolute atomic E-state index is 5.89. The lowest BCUT2D eigenvalue weighted by Crippen LogP contribution is -2.31. The van der Waals surface area contributed by atoms with E-state index in [9.17, 15) is 0 Å². The number of hydrogen-bond acceptors (Lipinski definition) is 4. The van der Waals surface area contributed by atoms with Crippen molar-refractivity contribution in [1.29, 1.82) is 0 Å². The first-order valence-corrected chi connectivity index (χ1v) is 8.10. The molecule has 0 aliphatic heterocycles. The van der Waals surface area contributed by atoms with E-state index >= 15 is 0 Å². The van der Waals surface area contributed by atoms with Crippen LogP contribution < -0.4 is 5.32 Å². The number of likely N-dealkylation sites (N-methyl/N-ethyl adjacent to an activating group) is 1. The summed E-state index contributed by atoms with van der Waals surface area (Å²) in [5.74, 6) is 0.726. The first-order valence-electron chi connectivity index (χ1n) is 7.72. The van der Waals surface area contributed by atoms with E-state index in [-0.39, 0.29) is 0 Å². The van der Waals surface area contributed by atoms with Crippen molar-refractivity contribution >= 4 is 11.6 Å². The van der Waals surface area contributed by atoms with Gasteiger partial charge in [0.2, 0.25) is 0 Å². The number of rotatable bonds is 8. The topological polar surface area (TPSA) is 41.0 Å². The van der Waals surface area contributed by atoms with Crippen molar-refractivity contribution in [1.82, 2.24) is 20.2 Å². The molecule has 22 heavy (non-hydrogen) atoms. The van der Waals surface area contributed by atoms with Crippen molar-refractivity contribution in [3.63, 3.8) is 0 Å². The zero-order chi connectivity index (χ0) is 15.8. The molecule has 1 heterocycles. The van der Waals surface area contributed by atoms with Crippen LogP contribution in [0.3, 0.4) is 0 Å². The van der Waals surface area contributed by atoms with Crippen molar-refractivity contribution in [2.45, 2.75) is 20.4 Å². The van der Waals surface area contributed by atoms with E-state index < -0.39 is 0 Å². The highest BCUT2D eigenvalue weighted by molar-refractivity contribution is 6.30. The highest BCUT2D eigenvalue weighted by atomic mass is 35.5. The SMILES string of the molecule is CCN(CC)CCNCc1cnc(-c2ccc(Cl)cc2)nc1. The Labute approximate surface area is 137 Å². The molecule has 5 heteroatoms. The Morgan fingerprint density at radius 1 is 1.05 bits per heavy atom. The van der Waals surface area contributed by atoms with Crippen LogP contribution in [0.15, 0.2) is 36.7 Å². The van der Waals surface area contributed by atoms with Crippen LogP contribution in [0.25, 0.3) is 11.4 Å². The Bertz CT molecular complexity index is 550. The number of halogens is 1. The second-order valence-electron chi connectivity index (χ2n) is 5.13. The zero-order valence-electron chi connectivity index (χ0n) is 13.2. The Hall–Kier alpha value is -1.49. The summed E-state index contributed by atoms with van der Waals surface area (Å²) in [7, 11) is 0. The maximum Gasteiger partial charge on any atom is 0.159 e. The monoisotopic (exact) mass is 318 g/mol. The number of nitrogens with one attached hydrogen (secondary N) is 1. The molecular formula is C17H23ClN4. The summed E-state index contributed by atoms with van der Waals surface area (Å²) in [4.78, 5) is 11.2. The van der Waals surface area contributed by atoms with E-state index in [2.05, 4.69) is 34.0 Å². The molecule has 1 aromatic carbocycles. The van der Waals surface area contributed by atoms with Gasteiger partial charge in [0.05, 0.1) is 0 Å². The fourth-order valence-electron chi connectivity index (χ4n) is 2.20. The van der Waals surface area contributed by atoms with Crippen molar-refractivity contribution < 1.29 is 0 Å². The van der Waals surface area contributed by atoms with Gasteiger partial charge in [-0.05, 0) is 37.4 Å². The fourth-order valence-corrected chi connectivity index (χ4v) is 2.33. The van der Waals surface area contributed by atoms with Crippen molar-refractivity contribution in [3.8, 4) is 11.4 Å². The fraction of sp³-hybridized carbons (Fsp3) is 0.412. The molecule has 118 valence electrons. The molecule has 2 aromatic rings. The molecule has 0 saturated carbocycles. The molecule has 0 aliphatic rings.